The molecule has 0 bridgehead atoms. The minimum absolute atomic E-state index is 0.0638. The topological polar surface area (TPSA) is 131 Å². The zero-order chi connectivity index (χ0) is 20.1. The molecule has 2 aromatic rings. The molecule has 0 atom stereocenters. The van der Waals surface area contributed by atoms with Gasteiger partial charge in [0.2, 0.25) is 0 Å². The second-order valence-electron chi connectivity index (χ2n) is 6.20. The molecule has 2 aromatic carbocycles. The van der Waals surface area contributed by atoms with E-state index >= 15 is 0 Å². The molecule has 0 aromatic heterocycles. The normalized spacial score (nSPS) is 13.6. The monoisotopic (exact) mass is 383 g/mol. The molecule has 0 radical (unpaired) electrons. The van der Waals surface area contributed by atoms with Crippen molar-refractivity contribution in [3.05, 3.63) is 73.8 Å². The molecule has 3 rings (SSSR count). The summed E-state index contributed by atoms with van der Waals surface area (Å²) in [4.78, 5) is 34.9. The first-order valence-electron chi connectivity index (χ1n) is 8.57. The van der Waals surface area contributed by atoms with Crippen molar-refractivity contribution >= 4 is 29.2 Å². The lowest BCUT2D eigenvalue weighted by Crippen LogP contribution is -2.20. The van der Waals surface area contributed by atoms with Gasteiger partial charge in [-0.1, -0.05) is 0 Å². The maximum absolute atomic E-state index is 12.1. The van der Waals surface area contributed by atoms with Crippen LogP contribution < -0.4 is 10.3 Å². The quantitative estimate of drug-likeness (QED) is 0.463. The van der Waals surface area contributed by atoms with Crippen LogP contribution in [-0.2, 0) is 0 Å². The molecule has 0 aliphatic carbocycles. The Morgan fingerprint density at radius 3 is 2.21 bits per heavy atom. The van der Waals surface area contributed by atoms with Crippen LogP contribution in [0.25, 0.3) is 0 Å². The van der Waals surface area contributed by atoms with Gasteiger partial charge in [-0.05, 0) is 31.0 Å². The van der Waals surface area contributed by atoms with Crippen LogP contribution in [0.5, 0.6) is 0 Å². The van der Waals surface area contributed by atoms with Crippen molar-refractivity contribution in [1.82, 2.24) is 5.43 Å². The summed E-state index contributed by atoms with van der Waals surface area (Å²) in [5.41, 5.74) is 3.71. The summed E-state index contributed by atoms with van der Waals surface area (Å²) in [7, 11) is 0. The van der Waals surface area contributed by atoms with E-state index in [2.05, 4.69) is 15.4 Å². The summed E-state index contributed by atoms with van der Waals surface area (Å²) in [5.74, 6) is -0.542. The second kappa shape index (κ2) is 8.25. The molecule has 28 heavy (non-hydrogen) atoms. The van der Waals surface area contributed by atoms with Crippen LogP contribution in [-0.4, -0.2) is 35.1 Å². The third-order valence-electron chi connectivity index (χ3n) is 4.38. The summed E-state index contributed by atoms with van der Waals surface area (Å²) in [6.45, 7) is 1.71. The van der Waals surface area contributed by atoms with E-state index in [0.29, 0.717) is 5.56 Å². The Labute approximate surface area is 159 Å². The van der Waals surface area contributed by atoms with Gasteiger partial charge in [0.1, 0.15) is 0 Å². The fraction of sp³-hybridized carbons (Fsp3) is 0.222. The van der Waals surface area contributed by atoms with Crippen molar-refractivity contribution < 1.29 is 14.6 Å². The highest BCUT2D eigenvalue weighted by molar-refractivity contribution is 5.96. The smallest absolute Gasteiger partial charge is 0.271 e. The summed E-state index contributed by atoms with van der Waals surface area (Å²) < 4.78 is 0. The lowest BCUT2D eigenvalue weighted by Gasteiger charge is -2.19. The van der Waals surface area contributed by atoms with E-state index in [1.165, 1.54) is 42.6 Å². The Morgan fingerprint density at radius 1 is 1.00 bits per heavy atom. The van der Waals surface area contributed by atoms with E-state index in [1.807, 2.05) is 0 Å². The van der Waals surface area contributed by atoms with Crippen molar-refractivity contribution in [2.75, 3.05) is 18.0 Å². The van der Waals surface area contributed by atoms with Crippen LogP contribution in [0.3, 0.4) is 0 Å². The number of hydrogen-bond acceptors (Lipinski definition) is 7. The fourth-order valence-electron chi connectivity index (χ4n) is 2.96. The lowest BCUT2D eigenvalue weighted by atomic mass is 10.1. The number of rotatable bonds is 6. The third kappa shape index (κ3) is 4.29. The average molecular weight is 383 g/mol. The first-order chi connectivity index (χ1) is 13.5. The van der Waals surface area contributed by atoms with Crippen molar-refractivity contribution in [3.8, 4) is 0 Å². The van der Waals surface area contributed by atoms with Crippen molar-refractivity contribution in [1.29, 1.82) is 0 Å². The van der Waals surface area contributed by atoms with Crippen LogP contribution in [0.1, 0.15) is 28.8 Å². The molecule has 144 valence electrons. The minimum atomic E-state index is -0.554. The number of nitro benzene ring substituents is 2. The zero-order valence-electron chi connectivity index (χ0n) is 14.8. The number of non-ortho nitro benzene ring substituents is 2. The number of amides is 1. The molecular weight excluding hydrogens is 366 g/mol. The van der Waals surface area contributed by atoms with Crippen LogP contribution in [0.2, 0.25) is 0 Å². The number of nitrogens with one attached hydrogen (secondary N) is 1. The highest BCUT2D eigenvalue weighted by Crippen LogP contribution is 2.27. The molecule has 1 aliphatic heterocycles. The molecule has 0 unspecified atom stereocenters. The first kappa shape index (κ1) is 19.0. The Hall–Kier alpha value is -3.82. The molecule has 10 heteroatoms. The lowest BCUT2D eigenvalue weighted by molar-refractivity contribution is -0.385. The van der Waals surface area contributed by atoms with Gasteiger partial charge in [0, 0.05) is 54.2 Å². The predicted octanol–water partition coefficient (Wildman–Crippen LogP) is 2.87. The number of hydrazone groups is 1. The summed E-state index contributed by atoms with van der Waals surface area (Å²) in [6.07, 6.45) is 3.46. The van der Waals surface area contributed by atoms with Crippen LogP contribution in [0.15, 0.2) is 47.6 Å². The molecule has 10 nitrogen and oxygen atoms in total. The second-order valence-corrected chi connectivity index (χ2v) is 6.20. The van der Waals surface area contributed by atoms with Gasteiger partial charge < -0.3 is 4.90 Å². The Balaban J connectivity index is 1.76. The zero-order valence-corrected chi connectivity index (χ0v) is 14.8. The predicted molar refractivity (Wildman–Crippen MR) is 103 cm³/mol. The number of benzene rings is 2. The number of carbonyl (C=O) groups excluding carboxylic acids is 1. The number of nitro groups is 2. The number of nitrogens with zero attached hydrogens (tertiary/aromatic N) is 4. The fourth-order valence-corrected chi connectivity index (χ4v) is 2.96. The summed E-state index contributed by atoms with van der Waals surface area (Å²) in [6, 6.07) is 9.64. The van der Waals surface area contributed by atoms with Crippen molar-refractivity contribution in [2.45, 2.75) is 12.8 Å². The van der Waals surface area contributed by atoms with Gasteiger partial charge in [-0.3, -0.25) is 25.0 Å². The first-order valence-corrected chi connectivity index (χ1v) is 8.57. The van der Waals surface area contributed by atoms with E-state index in [-0.39, 0.29) is 16.9 Å². The molecule has 1 aliphatic rings. The SMILES string of the molecule is O=C(NN=Cc1cc([N+](=O)[O-])ccc1N1CCCC1)c1ccc([N+](=O)[O-])cc1. The molecule has 1 amide bonds. The van der Waals surface area contributed by atoms with Crippen LogP contribution in [0, 0.1) is 20.2 Å². The molecule has 1 fully saturated rings. The standard InChI is InChI=1S/C18H17N5O5/c24-18(13-3-5-15(6-4-13)22(25)26)20-19-12-14-11-16(23(27)28)7-8-17(14)21-9-1-2-10-21/h3-8,11-12H,1-2,9-10H2,(H,20,24). The number of anilines is 1. The number of carbonyl (C=O) groups is 1. The van der Waals surface area contributed by atoms with E-state index in [9.17, 15) is 25.0 Å². The van der Waals surface area contributed by atoms with E-state index in [0.717, 1.165) is 31.6 Å². The van der Waals surface area contributed by atoms with Gasteiger partial charge in [-0.25, -0.2) is 5.43 Å². The van der Waals surface area contributed by atoms with Gasteiger partial charge in [-0.15, -0.1) is 0 Å². The van der Waals surface area contributed by atoms with Crippen molar-refractivity contribution in [2.24, 2.45) is 5.10 Å². The largest absolute Gasteiger partial charge is 0.371 e. The van der Waals surface area contributed by atoms with Gasteiger partial charge in [0.25, 0.3) is 17.3 Å². The van der Waals surface area contributed by atoms with Gasteiger partial charge in [-0.2, -0.15) is 5.10 Å². The maximum atomic E-state index is 12.1. The van der Waals surface area contributed by atoms with E-state index < -0.39 is 15.8 Å². The number of hydrogen-bond donors (Lipinski definition) is 1. The Bertz CT molecular complexity index is 936. The molecule has 0 spiro atoms. The Kier molecular flexibility index (Phi) is 5.58. The molecular formula is C18H17N5O5. The minimum Gasteiger partial charge on any atom is -0.371 e. The third-order valence-corrected chi connectivity index (χ3v) is 4.38. The van der Waals surface area contributed by atoms with Crippen LogP contribution in [0.4, 0.5) is 17.1 Å². The average Bonchev–Trinajstić information content (AvgIpc) is 3.22. The highest BCUT2D eigenvalue weighted by Gasteiger charge is 2.18. The van der Waals surface area contributed by atoms with Gasteiger partial charge >= 0.3 is 0 Å². The van der Waals surface area contributed by atoms with Gasteiger partial charge in [0.15, 0.2) is 0 Å². The van der Waals surface area contributed by atoms with E-state index in [4.69, 9.17) is 0 Å². The van der Waals surface area contributed by atoms with Crippen LogP contribution >= 0.6 is 0 Å². The Morgan fingerprint density at radius 2 is 1.61 bits per heavy atom. The van der Waals surface area contributed by atoms with Gasteiger partial charge in [0.05, 0.1) is 16.1 Å². The molecule has 1 saturated heterocycles. The maximum Gasteiger partial charge on any atom is 0.271 e. The summed E-state index contributed by atoms with van der Waals surface area (Å²) >= 11 is 0. The van der Waals surface area contributed by atoms with E-state index in [1.54, 1.807) is 6.07 Å². The highest BCUT2D eigenvalue weighted by atomic mass is 16.6. The molecule has 1 N–H and O–H groups in total. The summed E-state index contributed by atoms with van der Waals surface area (Å²) in [5, 5.41) is 25.6. The molecule has 1 heterocycles. The molecule has 0 saturated carbocycles. The van der Waals surface area contributed by atoms with Crippen molar-refractivity contribution in [3.63, 3.8) is 0 Å².